The highest BCUT2D eigenvalue weighted by atomic mass is 35.5. The maximum absolute atomic E-state index is 11.5. The Labute approximate surface area is 118 Å². The predicted molar refractivity (Wildman–Crippen MR) is 74.9 cm³/mol. The third-order valence-electron chi connectivity index (χ3n) is 3.59. The molecule has 3 nitrogen and oxygen atoms in total. The largest absolute Gasteiger partial charge is 0.493 e. The summed E-state index contributed by atoms with van der Waals surface area (Å²) < 4.78 is 5.63. The summed E-state index contributed by atoms with van der Waals surface area (Å²) in [5, 5.41) is 10.1. The number of halogens is 1. The number of hydrogen-bond donors (Lipinski definition) is 1. The Balaban J connectivity index is 2.35. The maximum atomic E-state index is 11.5. The van der Waals surface area contributed by atoms with Crippen LogP contribution in [0.1, 0.15) is 31.9 Å². The molecule has 0 amide bonds. The Hall–Kier alpha value is -1.22. The van der Waals surface area contributed by atoms with Crippen molar-refractivity contribution in [2.24, 2.45) is 11.3 Å². The average Bonchev–Trinajstić information content (AvgIpc) is 2.70. The van der Waals surface area contributed by atoms with Crippen molar-refractivity contribution in [1.82, 2.24) is 0 Å². The van der Waals surface area contributed by atoms with Gasteiger partial charge in [0.1, 0.15) is 5.75 Å². The lowest BCUT2D eigenvalue weighted by Gasteiger charge is -2.27. The van der Waals surface area contributed by atoms with E-state index in [2.05, 4.69) is 0 Å². The van der Waals surface area contributed by atoms with E-state index in [1.807, 2.05) is 32.9 Å². The monoisotopic (exact) mass is 282 g/mol. The van der Waals surface area contributed by atoms with E-state index < -0.39 is 11.9 Å². The number of carboxylic acid groups (broad SMARTS) is 1. The molecule has 1 N–H and O–H groups in total. The van der Waals surface area contributed by atoms with Gasteiger partial charge in [-0.25, -0.2) is 0 Å². The van der Waals surface area contributed by atoms with E-state index in [0.717, 1.165) is 23.3 Å². The second kappa shape index (κ2) is 5.04. The summed E-state index contributed by atoms with van der Waals surface area (Å²) in [6, 6.07) is 3.73. The van der Waals surface area contributed by atoms with Crippen LogP contribution in [-0.4, -0.2) is 17.7 Å². The van der Waals surface area contributed by atoms with E-state index in [4.69, 9.17) is 16.3 Å². The molecule has 1 heterocycles. The smallest absolute Gasteiger partial charge is 0.307 e. The lowest BCUT2D eigenvalue weighted by molar-refractivity contribution is -0.145. The molecule has 104 valence electrons. The van der Waals surface area contributed by atoms with Crippen LogP contribution in [0, 0.1) is 11.3 Å². The Kier molecular flexibility index (Phi) is 3.77. The second-order valence-electron chi connectivity index (χ2n) is 6.11. The minimum Gasteiger partial charge on any atom is -0.493 e. The van der Waals surface area contributed by atoms with Gasteiger partial charge in [0.15, 0.2) is 0 Å². The standard InChI is InChI=1S/C15H19ClO3/c1-15(2,3)12(14(17)18)8-10-7-11(16)6-9-4-5-19-13(9)10/h6-7,12H,4-5,8H2,1-3H3,(H,17,18). The van der Waals surface area contributed by atoms with Gasteiger partial charge >= 0.3 is 5.97 Å². The van der Waals surface area contributed by atoms with Crippen LogP contribution >= 0.6 is 11.6 Å². The van der Waals surface area contributed by atoms with E-state index in [0.29, 0.717) is 18.1 Å². The lowest BCUT2D eigenvalue weighted by atomic mass is 9.77. The average molecular weight is 283 g/mol. The third-order valence-corrected chi connectivity index (χ3v) is 3.81. The van der Waals surface area contributed by atoms with Crippen molar-refractivity contribution >= 4 is 17.6 Å². The molecule has 0 aromatic heterocycles. The maximum Gasteiger partial charge on any atom is 0.307 e. The Bertz CT molecular complexity index is 503. The molecule has 0 aliphatic carbocycles. The molecule has 0 spiro atoms. The van der Waals surface area contributed by atoms with Crippen molar-refractivity contribution in [3.8, 4) is 5.75 Å². The number of fused-ring (bicyclic) bond motifs is 1. The molecule has 1 unspecified atom stereocenters. The van der Waals surface area contributed by atoms with Gasteiger partial charge < -0.3 is 9.84 Å². The highest BCUT2D eigenvalue weighted by Crippen LogP contribution is 2.37. The van der Waals surface area contributed by atoms with Crippen molar-refractivity contribution in [3.05, 3.63) is 28.3 Å². The summed E-state index contributed by atoms with van der Waals surface area (Å²) in [6.45, 7) is 6.47. The minimum absolute atomic E-state index is 0.306. The fourth-order valence-corrected chi connectivity index (χ4v) is 2.74. The molecule has 1 atom stereocenters. The zero-order valence-electron chi connectivity index (χ0n) is 11.5. The van der Waals surface area contributed by atoms with Crippen LogP contribution < -0.4 is 4.74 Å². The van der Waals surface area contributed by atoms with E-state index in [-0.39, 0.29) is 5.41 Å². The zero-order chi connectivity index (χ0) is 14.2. The van der Waals surface area contributed by atoms with Crippen LogP contribution in [0.4, 0.5) is 0 Å². The number of benzene rings is 1. The molecular weight excluding hydrogens is 264 g/mol. The molecule has 0 saturated heterocycles. The number of carboxylic acids is 1. The fourth-order valence-electron chi connectivity index (χ4n) is 2.48. The number of rotatable bonds is 3. The van der Waals surface area contributed by atoms with Crippen LogP contribution in [0.5, 0.6) is 5.75 Å². The SMILES string of the molecule is CC(C)(C)C(Cc1cc(Cl)cc2c1OCC2)C(=O)O. The predicted octanol–water partition coefficient (Wildman–Crippen LogP) is 3.56. The quantitative estimate of drug-likeness (QED) is 0.922. The molecular formula is C15H19ClO3. The van der Waals surface area contributed by atoms with Crippen LogP contribution in [0.15, 0.2) is 12.1 Å². The molecule has 0 fully saturated rings. The van der Waals surface area contributed by atoms with Crippen molar-refractivity contribution in [1.29, 1.82) is 0 Å². The Morgan fingerprint density at radius 3 is 2.74 bits per heavy atom. The van der Waals surface area contributed by atoms with Gasteiger partial charge in [-0.15, -0.1) is 0 Å². The van der Waals surface area contributed by atoms with E-state index in [9.17, 15) is 9.90 Å². The van der Waals surface area contributed by atoms with Gasteiger partial charge in [-0.3, -0.25) is 4.79 Å². The number of aliphatic carboxylic acids is 1. The van der Waals surface area contributed by atoms with Crippen molar-refractivity contribution < 1.29 is 14.6 Å². The first-order valence-corrected chi connectivity index (χ1v) is 6.83. The summed E-state index contributed by atoms with van der Waals surface area (Å²) in [7, 11) is 0. The van der Waals surface area contributed by atoms with Gasteiger partial charge in [0.25, 0.3) is 0 Å². The van der Waals surface area contributed by atoms with E-state index in [1.54, 1.807) is 0 Å². The molecule has 1 aliphatic rings. The zero-order valence-corrected chi connectivity index (χ0v) is 12.3. The molecule has 1 aromatic rings. The fraction of sp³-hybridized carbons (Fsp3) is 0.533. The molecule has 0 bridgehead atoms. The van der Waals surface area contributed by atoms with Crippen molar-refractivity contribution in [2.75, 3.05) is 6.61 Å². The highest BCUT2D eigenvalue weighted by molar-refractivity contribution is 6.30. The van der Waals surface area contributed by atoms with Gasteiger partial charge in [0.05, 0.1) is 12.5 Å². The summed E-state index contributed by atoms with van der Waals surface area (Å²) in [5.41, 5.74) is 1.68. The van der Waals surface area contributed by atoms with Gasteiger partial charge in [-0.2, -0.15) is 0 Å². The molecule has 2 rings (SSSR count). The summed E-state index contributed by atoms with van der Waals surface area (Å²) in [6.07, 6.45) is 1.29. The van der Waals surface area contributed by atoms with Gasteiger partial charge in [-0.05, 0) is 35.1 Å². The van der Waals surface area contributed by atoms with E-state index >= 15 is 0 Å². The first-order chi connectivity index (χ1) is 8.79. The summed E-state index contributed by atoms with van der Waals surface area (Å²) in [4.78, 5) is 11.5. The van der Waals surface area contributed by atoms with Crippen LogP contribution in [-0.2, 0) is 17.6 Å². The first-order valence-electron chi connectivity index (χ1n) is 6.46. The molecule has 4 heteroatoms. The van der Waals surface area contributed by atoms with Crippen LogP contribution in [0.2, 0.25) is 5.02 Å². The van der Waals surface area contributed by atoms with Crippen molar-refractivity contribution in [2.45, 2.75) is 33.6 Å². The molecule has 19 heavy (non-hydrogen) atoms. The number of carbonyl (C=O) groups is 1. The Morgan fingerprint density at radius 2 is 2.16 bits per heavy atom. The van der Waals surface area contributed by atoms with Gasteiger partial charge in [-0.1, -0.05) is 32.4 Å². The highest BCUT2D eigenvalue weighted by Gasteiger charge is 2.33. The normalized spacial score (nSPS) is 15.8. The first kappa shape index (κ1) is 14.2. The molecule has 0 radical (unpaired) electrons. The topological polar surface area (TPSA) is 46.5 Å². The third kappa shape index (κ3) is 3.03. The minimum atomic E-state index is -0.778. The molecule has 1 aromatic carbocycles. The summed E-state index contributed by atoms with van der Waals surface area (Å²) >= 11 is 6.10. The van der Waals surface area contributed by atoms with Gasteiger partial charge in [0.2, 0.25) is 0 Å². The lowest BCUT2D eigenvalue weighted by Crippen LogP contribution is -2.30. The van der Waals surface area contributed by atoms with Crippen LogP contribution in [0.3, 0.4) is 0 Å². The number of ether oxygens (including phenoxy) is 1. The molecule has 0 saturated carbocycles. The van der Waals surface area contributed by atoms with Crippen LogP contribution in [0.25, 0.3) is 0 Å². The second-order valence-corrected chi connectivity index (χ2v) is 6.55. The van der Waals surface area contributed by atoms with E-state index in [1.165, 1.54) is 0 Å². The Morgan fingerprint density at radius 1 is 1.47 bits per heavy atom. The molecule has 1 aliphatic heterocycles. The van der Waals surface area contributed by atoms with Crippen molar-refractivity contribution in [3.63, 3.8) is 0 Å². The summed E-state index contributed by atoms with van der Waals surface area (Å²) in [5.74, 6) is -0.404. The van der Waals surface area contributed by atoms with Gasteiger partial charge in [0, 0.05) is 11.4 Å². The number of hydrogen-bond acceptors (Lipinski definition) is 2.